The summed E-state index contributed by atoms with van der Waals surface area (Å²) in [4.78, 5) is 18.0. The van der Waals surface area contributed by atoms with Gasteiger partial charge >= 0.3 is 12.1 Å². The maximum atomic E-state index is 12.6. The van der Waals surface area contributed by atoms with Crippen molar-refractivity contribution in [1.82, 2.24) is 9.97 Å². The van der Waals surface area contributed by atoms with E-state index in [1.807, 2.05) is 6.92 Å². The molecule has 0 saturated heterocycles. The number of carbonyl (C=O) groups excluding carboxylic acids is 1. The van der Waals surface area contributed by atoms with Crippen molar-refractivity contribution >= 4 is 27.4 Å². The molecule has 3 aromatic rings. The third kappa shape index (κ3) is 4.19. The minimum atomic E-state index is -4.58. The van der Waals surface area contributed by atoms with Gasteiger partial charge in [-0.15, -0.1) is 11.3 Å². The fourth-order valence-electron chi connectivity index (χ4n) is 2.55. The van der Waals surface area contributed by atoms with Crippen molar-refractivity contribution in [3.63, 3.8) is 0 Å². The summed E-state index contributed by atoms with van der Waals surface area (Å²) in [5.41, 5.74) is 1.54. The molecule has 0 aliphatic carbocycles. The van der Waals surface area contributed by atoms with E-state index in [9.17, 15) is 18.0 Å². The van der Waals surface area contributed by atoms with Gasteiger partial charge < -0.3 is 9.47 Å². The minimum absolute atomic E-state index is 0.0388. The highest BCUT2D eigenvalue weighted by Crippen LogP contribution is 2.37. The zero-order valence-corrected chi connectivity index (χ0v) is 15.5. The molecule has 3 rings (SSSR count). The first-order valence-electron chi connectivity index (χ1n) is 7.88. The first-order valence-corrected chi connectivity index (χ1v) is 8.76. The Hall–Kier alpha value is -2.68. The van der Waals surface area contributed by atoms with E-state index in [0.717, 1.165) is 21.8 Å². The first kappa shape index (κ1) is 19.1. The molecular formula is C18H15F3N2O3S. The molecule has 0 saturated carbocycles. The molecule has 0 bridgehead atoms. The maximum absolute atomic E-state index is 12.6. The third-order valence-corrected chi connectivity index (χ3v) is 4.70. The second-order valence-electron chi connectivity index (χ2n) is 5.90. The van der Waals surface area contributed by atoms with E-state index in [1.54, 1.807) is 17.5 Å². The summed E-state index contributed by atoms with van der Waals surface area (Å²) in [6.45, 7) is 4.72. The Bertz CT molecular complexity index is 1010. The molecule has 0 amide bonds. The van der Waals surface area contributed by atoms with Gasteiger partial charge in [0.15, 0.2) is 0 Å². The van der Waals surface area contributed by atoms with E-state index < -0.39 is 18.0 Å². The van der Waals surface area contributed by atoms with Crippen LogP contribution in [0, 0.1) is 13.8 Å². The Morgan fingerprint density at radius 1 is 1.26 bits per heavy atom. The number of aryl methyl sites for hydroxylation is 2. The normalized spacial score (nSPS) is 11.6. The SMILES string of the molecule is CC(=O)Oc1csc2cc(OCc3cnc(C(F)(F)F)nc3C)cc(C)c12. The molecule has 0 fully saturated rings. The average Bonchev–Trinajstić information content (AvgIpc) is 2.95. The predicted octanol–water partition coefficient (Wildman–Crippen LogP) is 4.83. The summed E-state index contributed by atoms with van der Waals surface area (Å²) in [5.74, 6) is -0.515. The highest BCUT2D eigenvalue weighted by Gasteiger charge is 2.34. The van der Waals surface area contributed by atoms with E-state index in [0.29, 0.717) is 17.1 Å². The van der Waals surface area contributed by atoms with Crippen molar-refractivity contribution < 1.29 is 27.4 Å². The van der Waals surface area contributed by atoms with Gasteiger partial charge in [-0.1, -0.05) is 0 Å². The maximum Gasteiger partial charge on any atom is 0.451 e. The lowest BCUT2D eigenvalue weighted by atomic mass is 10.1. The van der Waals surface area contributed by atoms with Crippen molar-refractivity contribution in [2.45, 2.75) is 33.6 Å². The lowest BCUT2D eigenvalue weighted by Gasteiger charge is -2.11. The summed E-state index contributed by atoms with van der Waals surface area (Å²) >= 11 is 1.41. The van der Waals surface area contributed by atoms with Crippen LogP contribution in [-0.2, 0) is 17.6 Å². The number of esters is 1. The number of carbonyl (C=O) groups is 1. The number of ether oxygens (including phenoxy) is 2. The Kier molecular flexibility index (Phi) is 5.05. The Morgan fingerprint density at radius 3 is 2.63 bits per heavy atom. The van der Waals surface area contributed by atoms with Crippen molar-refractivity contribution in [3.8, 4) is 11.5 Å². The van der Waals surface area contributed by atoms with Crippen molar-refractivity contribution in [3.05, 3.63) is 46.4 Å². The molecule has 0 radical (unpaired) electrons. The van der Waals surface area contributed by atoms with Gasteiger partial charge in [-0.2, -0.15) is 13.2 Å². The molecule has 27 heavy (non-hydrogen) atoms. The van der Waals surface area contributed by atoms with Crippen LogP contribution in [0.5, 0.6) is 11.5 Å². The van der Waals surface area contributed by atoms with Crippen LogP contribution < -0.4 is 9.47 Å². The third-order valence-electron chi connectivity index (χ3n) is 3.79. The van der Waals surface area contributed by atoms with Crippen LogP contribution in [0.25, 0.3) is 10.1 Å². The fourth-order valence-corrected chi connectivity index (χ4v) is 3.52. The number of hydrogen-bond acceptors (Lipinski definition) is 6. The smallest absolute Gasteiger partial charge is 0.451 e. The van der Waals surface area contributed by atoms with E-state index in [4.69, 9.17) is 9.47 Å². The number of nitrogens with zero attached hydrogens (tertiary/aromatic N) is 2. The lowest BCUT2D eigenvalue weighted by Crippen LogP contribution is -2.13. The van der Waals surface area contributed by atoms with Crippen LogP contribution in [0.2, 0.25) is 0 Å². The Morgan fingerprint density at radius 2 is 2.00 bits per heavy atom. The molecule has 0 unspecified atom stereocenters. The minimum Gasteiger partial charge on any atom is -0.489 e. The van der Waals surface area contributed by atoms with Crippen molar-refractivity contribution in [2.24, 2.45) is 0 Å². The van der Waals surface area contributed by atoms with Gasteiger partial charge in [-0.05, 0) is 31.5 Å². The van der Waals surface area contributed by atoms with Gasteiger partial charge in [0.1, 0.15) is 18.1 Å². The van der Waals surface area contributed by atoms with Gasteiger partial charge in [0, 0.05) is 39.8 Å². The van der Waals surface area contributed by atoms with Gasteiger partial charge in [0.2, 0.25) is 5.82 Å². The number of halogens is 3. The van der Waals surface area contributed by atoms with Crippen LogP contribution >= 0.6 is 11.3 Å². The summed E-state index contributed by atoms with van der Waals surface area (Å²) in [5, 5.41) is 2.58. The van der Waals surface area contributed by atoms with Gasteiger partial charge in [-0.25, -0.2) is 9.97 Å². The zero-order chi connectivity index (χ0) is 19.8. The standard InChI is InChI=1S/C18H15F3N2O3S/c1-9-4-13(5-15-16(9)14(8-27-15)26-11(3)24)25-7-12-6-22-17(18(19,20)21)23-10(12)2/h4-6,8H,7H2,1-3H3. The molecule has 0 aliphatic rings. The fraction of sp³-hybridized carbons (Fsp3) is 0.278. The first-order chi connectivity index (χ1) is 12.6. The van der Waals surface area contributed by atoms with E-state index >= 15 is 0 Å². The molecule has 1 aromatic carbocycles. The molecule has 2 aromatic heterocycles. The summed E-state index contributed by atoms with van der Waals surface area (Å²) in [6.07, 6.45) is -3.45. The largest absolute Gasteiger partial charge is 0.489 e. The molecule has 0 atom stereocenters. The summed E-state index contributed by atoms with van der Waals surface area (Å²) in [7, 11) is 0. The number of alkyl halides is 3. The molecule has 142 valence electrons. The number of benzene rings is 1. The molecule has 2 heterocycles. The number of thiophene rings is 1. The van der Waals surface area contributed by atoms with Gasteiger partial charge in [0.25, 0.3) is 0 Å². The molecule has 0 aliphatic heterocycles. The molecule has 0 spiro atoms. The zero-order valence-electron chi connectivity index (χ0n) is 14.7. The number of rotatable bonds is 4. The topological polar surface area (TPSA) is 61.3 Å². The van der Waals surface area contributed by atoms with E-state index in [2.05, 4.69) is 9.97 Å². The number of hydrogen-bond donors (Lipinski definition) is 0. The summed E-state index contributed by atoms with van der Waals surface area (Å²) in [6, 6.07) is 3.57. The second-order valence-corrected chi connectivity index (χ2v) is 6.81. The van der Waals surface area contributed by atoms with Crippen LogP contribution in [0.3, 0.4) is 0 Å². The quantitative estimate of drug-likeness (QED) is 0.591. The van der Waals surface area contributed by atoms with Crippen LogP contribution in [-0.4, -0.2) is 15.9 Å². The van der Waals surface area contributed by atoms with Gasteiger partial charge in [-0.3, -0.25) is 4.79 Å². The summed E-state index contributed by atoms with van der Waals surface area (Å²) < 4.78 is 49.7. The predicted molar refractivity (Wildman–Crippen MR) is 94.0 cm³/mol. The number of fused-ring (bicyclic) bond motifs is 1. The highest BCUT2D eigenvalue weighted by molar-refractivity contribution is 7.17. The Labute approximate surface area is 156 Å². The average molecular weight is 396 g/mol. The van der Waals surface area contributed by atoms with Crippen LogP contribution in [0.4, 0.5) is 13.2 Å². The van der Waals surface area contributed by atoms with Crippen molar-refractivity contribution in [2.75, 3.05) is 0 Å². The van der Waals surface area contributed by atoms with E-state index in [1.165, 1.54) is 25.2 Å². The monoisotopic (exact) mass is 396 g/mol. The van der Waals surface area contributed by atoms with Crippen molar-refractivity contribution in [1.29, 1.82) is 0 Å². The molecular weight excluding hydrogens is 381 g/mol. The number of aromatic nitrogens is 2. The Balaban J connectivity index is 1.81. The molecule has 9 heteroatoms. The van der Waals surface area contributed by atoms with E-state index in [-0.39, 0.29) is 12.3 Å². The van der Waals surface area contributed by atoms with Gasteiger partial charge in [0.05, 0.1) is 0 Å². The van der Waals surface area contributed by atoms with Crippen LogP contribution in [0.15, 0.2) is 23.7 Å². The molecule has 0 N–H and O–H groups in total. The van der Waals surface area contributed by atoms with Crippen LogP contribution in [0.1, 0.15) is 29.6 Å². The second kappa shape index (κ2) is 7.15. The highest BCUT2D eigenvalue weighted by atomic mass is 32.1. The lowest BCUT2D eigenvalue weighted by molar-refractivity contribution is -0.145. The molecule has 5 nitrogen and oxygen atoms in total.